The SMILES string of the molecule is CC(C)CCCCCCCC=CCCCCCC(=O)O. The molecule has 1 N–H and O–H groups in total. The largest absolute Gasteiger partial charge is 0.481 e. The molecule has 0 aliphatic carbocycles. The fourth-order valence-electron chi connectivity index (χ4n) is 2.30. The van der Waals surface area contributed by atoms with Crippen LogP contribution in [0.4, 0.5) is 0 Å². The molecule has 0 aliphatic heterocycles. The highest BCUT2D eigenvalue weighted by Gasteiger charge is 1.95. The maximum absolute atomic E-state index is 10.3. The Morgan fingerprint density at radius 3 is 1.90 bits per heavy atom. The number of rotatable bonds is 14. The van der Waals surface area contributed by atoms with Gasteiger partial charge < -0.3 is 5.11 Å². The van der Waals surface area contributed by atoms with Gasteiger partial charge in [0, 0.05) is 6.42 Å². The van der Waals surface area contributed by atoms with Crippen LogP contribution >= 0.6 is 0 Å². The van der Waals surface area contributed by atoms with Crippen LogP contribution in [-0.4, -0.2) is 11.1 Å². The number of carbonyl (C=O) groups is 1. The molecule has 0 unspecified atom stereocenters. The molecule has 0 saturated heterocycles. The van der Waals surface area contributed by atoms with E-state index in [2.05, 4.69) is 26.0 Å². The van der Waals surface area contributed by atoms with Crippen molar-refractivity contribution in [2.75, 3.05) is 0 Å². The van der Waals surface area contributed by atoms with Crippen molar-refractivity contribution in [3.63, 3.8) is 0 Å². The molecule has 20 heavy (non-hydrogen) atoms. The minimum absolute atomic E-state index is 0.320. The quantitative estimate of drug-likeness (QED) is 0.315. The Balaban J connectivity index is 3.10. The average molecular weight is 282 g/mol. The zero-order valence-corrected chi connectivity index (χ0v) is 13.6. The van der Waals surface area contributed by atoms with Gasteiger partial charge in [0.25, 0.3) is 0 Å². The fourth-order valence-corrected chi connectivity index (χ4v) is 2.30. The fraction of sp³-hybridized carbons (Fsp3) is 0.833. The lowest BCUT2D eigenvalue weighted by Gasteiger charge is -2.03. The molecule has 0 aromatic carbocycles. The van der Waals surface area contributed by atoms with E-state index in [0.717, 1.165) is 31.6 Å². The predicted molar refractivity (Wildman–Crippen MR) is 87.0 cm³/mol. The van der Waals surface area contributed by atoms with Crippen LogP contribution in [0.3, 0.4) is 0 Å². The summed E-state index contributed by atoms with van der Waals surface area (Å²) >= 11 is 0. The van der Waals surface area contributed by atoms with E-state index < -0.39 is 5.97 Å². The lowest BCUT2D eigenvalue weighted by molar-refractivity contribution is -0.137. The van der Waals surface area contributed by atoms with Crippen molar-refractivity contribution in [2.24, 2.45) is 5.92 Å². The number of hydrogen-bond donors (Lipinski definition) is 1. The monoisotopic (exact) mass is 282 g/mol. The number of hydrogen-bond acceptors (Lipinski definition) is 1. The van der Waals surface area contributed by atoms with E-state index >= 15 is 0 Å². The Morgan fingerprint density at radius 1 is 0.850 bits per heavy atom. The van der Waals surface area contributed by atoms with E-state index in [1.807, 2.05) is 0 Å². The molecule has 0 heterocycles. The van der Waals surface area contributed by atoms with Crippen LogP contribution in [0.25, 0.3) is 0 Å². The summed E-state index contributed by atoms with van der Waals surface area (Å²) in [6.45, 7) is 4.60. The summed E-state index contributed by atoms with van der Waals surface area (Å²) in [5, 5.41) is 8.50. The summed E-state index contributed by atoms with van der Waals surface area (Å²) in [6.07, 6.45) is 18.4. The van der Waals surface area contributed by atoms with Crippen LogP contribution in [0.5, 0.6) is 0 Å². The van der Waals surface area contributed by atoms with Gasteiger partial charge in [-0.25, -0.2) is 0 Å². The molecule has 0 bridgehead atoms. The highest BCUT2D eigenvalue weighted by molar-refractivity contribution is 5.66. The number of unbranched alkanes of at least 4 members (excludes halogenated alkanes) is 8. The predicted octanol–water partition coefficient (Wildman–Crippen LogP) is 5.96. The topological polar surface area (TPSA) is 37.3 Å². The highest BCUT2D eigenvalue weighted by Crippen LogP contribution is 2.11. The summed E-state index contributed by atoms with van der Waals surface area (Å²) in [4.78, 5) is 10.3. The second-order valence-corrected chi connectivity index (χ2v) is 6.20. The minimum atomic E-state index is -0.672. The van der Waals surface area contributed by atoms with Crippen LogP contribution in [0, 0.1) is 5.92 Å². The maximum Gasteiger partial charge on any atom is 0.303 e. The van der Waals surface area contributed by atoms with E-state index in [4.69, 9.17) is 5.11 Å². The first-order chi connectivity index (χ1) is 9.63. The molecular formula is C18H34O2. The Bertz CT molecular complexity index is 244. The minimum Gasteiger partial charge on any atom is -0.481 e. The van der Waals surface area contributed by atoms with E-state index in [-0.39, 0.29) is 0 Å². The van der Waals surface area contributed by atoms with Gasteiger partial charge in [0.2, 0.25) is 0 Å². The van der Waals surface area contributed by atoms with Crippen molar-refractivity contribution < 1.29 is 9.90 Å². The molecule has 2 heteroatoms. The van der Waals surface area contributed by atoms with Gasteiger partial charge in [-0.15, -0.1) is 0 Å². The van der Waals surface area contributed by atoms with Crippen molar-refractivity contribution in [1.82, 2.24) is 0 Å². The number of allylic oxidation sites excluding steroid dienone is 2. The number of carboxylic acids is 1. The molecule has 0 spiro atoms. The molecular weight excluding hydrogens is 248 g/mol. The van der Waals surface area contributed by atoms with Gasteiger partial charge in [-0.1, -0.05) is 64.5 Å². The lowest BCUT2D eigenvalue weighted by Crippen LogP contribution is -1.93. The molecule has 2 nitrogen and oxygen atoms in total. The maximum atomic E-state index is 10.3. The molecule has 0 saturated carbocycles. The molecule has 0 aliphatic rings. The molecule has 0 fully saturated rings. The molecule has 0 atom stereocenters. The zero-order valence-electron chi connectivity index (χ0n) is 13.6. The molecule has 0 aromatic rings. The summed E-state index contributed by atoms with van der Waals surface area (Å²) in [5.74, 6) is 0.183. The van der Waals surface area contributed by atoms with Crippen LogP contribution < -0.4 is 0 Å². The van der Waals surface area contributed by atoms with E-state index in [1.165, 1.54) is 44.9 Å². The Kier molecular flexibility index (Phi) is 14.0. The standard InChI is InChI=1S/C18H34O2/c1-17(2)15-13-11-9-7-5-3-4-6-8-10-12-14-16-18(19)20/h4,6,17H,3,5,7-16H2,1-2H3,(H,19,20). The Morgan fingerprint density at radius 2 is 1.35 bits per heavy atom. The van der Waals surface area contributed by atoms with E-state index in [9.17, 15) is 4.79 Å². The van der Waals surface area contributed by atoms with Gasteiger partial charge in [0.15, 0.2) is 0 Å². The van der Waals surface area contributed by atoms with Gasteiger partial charge in [0.1, 0.15) is 0 Å². The smallest absolute Gasteiger partial charge is 0.303 e. The van der Waals surface area contributed by atoms with Crippen molar-refractivity contribution in [3.05, 3.63) is 12.2 Å². The number of carboxylic acid groups (broad SMARTS) is 1. The van der Waals surface area contributed by atoms with Crippen molar-refractivity contribution in [2.45, 2.75) is 90.9 Å². The normalized spacial score (nSPS) is 11.6. The third-order valence-corrected chi connectivity index (χ3v) is 3.58. The van der Waals surface area contributed by atoms with Gasteiger partial charge in [0.05, 0.1) is 0 Å². The van der Waals surface area contributed by atoms with E-state index in [1.54, 1.807) is 0 Å². The summed E-state index contributed by atoms with van der Waals surface area (Å²) in [7, 11) is 0. The first-order valence-corrected chi connectivity index (χ1v) is 8.49. The summed E-state index contributed by atoms with van der Waals surface area (Å²) in [6, 6.07) is 0. The third-order valence-electron chi connectivity index (χ3n) is 3.58. The van der Waals surface area contributed by atoms with Crippen molar-refractivity contribution >= 4 is 5.97 Å². The van der Waals surface area contributed by atoms with Crippen LogP contribution in [0.15, 0.2) is 12.2 Å². The molecule has 0 rings (SSSR count). The second kappa shape index (κ2) is 14.6. The molecule has 0 amide bonds. The van der Waals surface area contributed by atoms with Gasteiger partial charge >= 0.3 is 5.97 Å². The zero-order chi connectivity index (χ0) is 15.1. The van der Waals surface area contributed by atoms with Crippen molar-refractivity contribution in [3.8, 4) is 0 Å². The second-order valence-electron chi connectivity index (χ2n) is 6.20. The summed E-state index contributed by atoms with van der Waals surface area (Å²) in [5.41, 5.74) is 0. The Hall–Kier alpha value is -0.790. The molecule has 0 aromatic heterocycles. The summed E-state index contributed by atoms with van der Waals surface area (Å²) < 4.78 is 0. The van der Waals surface area contributed by atoms with Crippen LogP contribution in [0.1, 0.15) is 90.9 Å². The third kappa shape index (κ3) is 17.2. The van der Waals surface area contributed by atoms with Crippen LogP contribution in [0.2, 0.25) is 0 Å². The van der Waals surface area contributed by atoms with Crippen LogP contribution in [-0.2, 0) is 4.79 Å². The molecule has 0 radical (unpaired) electrons. The van der Waals surface area contributed by atoms with Gasteiger partial charge in [-0.3, -0.25) is 4.79 Å². The Labute approximate surface area is 125 Å². The van der Waals surface area contributed by atoms with Gasteiger partial charge in [-0.2, -0.15) is 0 Å². The first kappa shape index (κ1) is 19.2. The highest BCUT2D eigenvalue weighted by atomic mass is 16.4. The van der Waals surface area contributed by atoms with Gasteiger partial charge in [-0.05, 0) is 38.0 Å². The molecule has 118 valence electrons. The van der Waals surface area contributed by atoms with Crippen molar-refractivity contribution in [1.29, 1.82) is 0 Å². The lowest BCUT2D eigenvalue weighted by atomic mass is 10.0. The average Bonchev–Trinajstić information content (AvgIpc) is 2.38. The first-order valence-electron chi connectivity index (χ1n) is 8.49. The van der Waals surface area contributed by atoms with E-state index in [0.29, 0.717) is 6.42 Å². The number of aliphatic carboxylic acids is 1.